The molecule has 3 aromatic rings. The molecule has 29 heavy (non-hydrogen) atoms. The maximum absolute atomic E-state index is 11.7. The summed E-state index contributed by atoms with van der Waals surface area (Å²) in [6.45, 7) is 4.63. The summed E-state index contributed by atoms with van der Waals surface area (Å²) in [7, 11) is 0. The number of nitrogens with zero attached hydrogens (tertiary/aromatic N) is 4. The molecule has 2 aromatic heterocycles. The number of hydrogen-bond donors (Lipinski definition) is 0. The highest BCUT2D eigenvalue weighted by atomic mass is 35.5. The first kappa shape index (κ1) is 19.4. The first-order chi connectivity index (χ1) is 14.0. The molecule has 0 bridgehead atoms. The molecule has 0 unspecified atom stereocenters. The van der Waals surface area contributed by atoms with Crippen LogP contribution >= 0.6 is 23.2 Å². The summed E-state index contributed by atoms with van der Waals surface area (Å²) in [4.78, 5) is 26.3. The Bertz CT molecular complexity index is 1090. The molecule has 0 aliphatic carbocycles. The minimum absolute atomic E-state index is 0.103. The van der Waals surface area contributed by atoms with Crippen LogP contribution in [0.4, 0.5) is 0 Å². The molecule has 9 heteroatoms. The van der Waals surface area contributed by atoms with Crippen LogP contribution in [0.25, 0.3) is 11.0 Å². The fraction of sp³-hybridized carbons (Fsp3) is 0.200. The van der Waals surface area contributed by atoms with Crippen molar-refractivity contribution in [1.82, 2.24) is 19.9 Å². The fourth-order valence-electron chi connectivity index (χ4n) is 3.02. The van der Waals surface area contributed by atoms with Gasteiger partial charge in [-0.15, -0.1) is 0 Å². The van der Waals surface area contributed by atoms with Crippen LogP contribution in [0.15, 0.2) is 49.3 Å². The lowest BCUT2D eigenvalue weighted by molar-refractivity contribution is -0.125. The topological polar surface area (TPSA) is 77.4 Å². The number of rotatable bonds is 5. The minimum Gasteiger partial charge on any atom is -0.472 e. The predicted molar refractivity (Wildman–Crippen MR) is 110 cm³/mol. The summed E-state index contributed by atoms with van der Waals surface area (Å²) in [5.41, 5.74) is 1.06. The largest absolute Gasteiger partial charge is 0.472 e. The Kier molecular flexibility index (Phi) is 5.51. The number of ether oxygens (including phenoxy) is 2. The van der Waals surface area contributed by atoms with Crippen molar-refractivity contribution in [2.24, 2.45) is 0 Å². The van der Waals surface area contributed by atoms with Gasteiger partial charge in [-0.1, -0.05) is 29.8 Å². The van der Waals surface area contributed by atoms with Crippen molar-refractivity contribution in [3.8, 4) is 17.5 Å². The Balaban J connectivity index is 1.57. The van der Waals surface area contributed by atoms with Gasteiger partial charge in [-0.3, -0.25) is 4.79 Å². The number of carbonyl (C=O) groups excluding carboxylic acids is 1. The van der Waals surface area contributed by atoms with Crippen LogP contribution in [0.2, 0.25) is 10.0 Å². The maximum Gasteiger partial charge on any atom is 0.249 e. The summed E-state index contributed by atoms with van der Waals surface area (Å²) in [6.07, 6.45) is 3.28. The van der Waals surface area contributed by atoms with Gasteiger partial charge >= 0.3 is 0 Å². The van der Waals surface area contributed by atoms with Gasteiger partial charge in [-0.25, -0.2) is 9.97 Å². The molecular weight excluding hydrogens is 415 g/mol. The average Bonchev–Trinajstić information content (AvgIpc) is 3.19. The van der Waals surface area contributed by atoms with Crippen LogP contribution in [-0.4, -0.2) is 45.0 Å². The van der Waals surface area contributed by atoms with Gasteiger partial charge < -0.3 is 14.4 Å². The number of likely N-dealkylation sites (tertiary alicyclic amines) is 1. The number of hydrogen-bond acceptors (Lipinski definition) is 6. The van der Waals surface area contributed by atoms with E-state index < -0.39 is 0 Å². The van der Waals surface area contributed by atoms with Crippen molar-refractivity contribution in [2.75, 3.05) is 13.1 Å². The molecule has 1 aromatic carbocycles. The van der Waals surface area contributed by atoms with Gasteiger partial charge in [0.25, 0.3) is 0 Å². The van der Waals surface area contributed by atoms with E-state index in [1.807, 2.05) is 0 Å². The van der Waals surface area contributed by atoms with E-state index in [4.69, 9.17) is 32.7 Å². The molecule has 1 saturated heterocycles. The molecule has 0 saturated carbocycles. The molecule has 148 valence electrons. The predicted octanol–water partition coefficient (Wildman–Crippen LogP) is 4.29. The van der Waals surface area contributed by atoms with E-state index in [1.54, 1.807) is 35.2 Å². The molecule has 0 N–H and O–H groups in total. The van der Waals surface area contributed by atoms with Gasteiger partial charge in [0, 0.05) is 25.1 Å². The Morgan fingerprint density at radius 1 is 1.21 bits per heavy atom. The third-order valence-corrected chi connectivity index (χ3v) is 5.19. The van der Waals surface area contributed by atoms with Gasteiger partial charge in [-0.2, -0.15) is 4.98 Å². The lowest BCUT2D eigenvalue weighted by atomic mass is 10.3. The number of fused-ring (bicyclic) bond motifs is 1. The van der Waals surface area contributed by atoms with E-state index in [-0.39, 0.29) is 17.9 Å². The quantitative estimate of drug-likeness (QED) is 0.561. The van der Waals surface area contributed by atoms with Crippen molar-refractivity contribution in [2.45, 2.75) is 12.5 Å². The van der Waals surface area contributed by atoms with Gasteiger partial charge in [0.15, 0.2) is 5.52 Å². The van der Waals surface area contributed by atoms with E-state index in [1.165, 1.54) is 12.4 Å². The number of carbonyl (C=O) groups is 1. The van der Waals surface area contributed by atoms with Crippen molar-refractivity contribution in [3.05, 3.63) is 59.4 Å². The Morgan fingerprint density at radius 2 is 2.07 bits per heavy atom. The summed E-state index contributed by atoms with van der Waals surface area (Å²) in [5.74, 6) is 1.05. The maximum atomic E-state index is 11.7. The highest BCUT2D eigenvalue weighted by Gasteiger charge is 2.26. The highest BCUT2D eigenvalue weighted by molar-refractivity contribution is 6.42. The standard InChI is InChI=1S/C20H16Cl2N4O3/c1-2-18(27)26-8-7-13(10-26)28-17-6-5-16-19(25-17)20(24-11-23-16)29-12-3-4-14(21)15(22)9-12/h2-6,9,11,13H,1,7-8,10H2/t13-/m0/s1. The molecule has 0 radical (unpaired) electrons. The minimum atomic E-state index is -0.145. The Hall–Kier alpha value is -2.90. The fourth-order valence-corrected chi connectivity index (χ4v) is 3.30. The highest BCUT2D eigenvalue weighted by Crippen LogP contribution is 2.31. The van der Waals surface area contributed by atoms with Gasteiger partial charge in [0.2, 0.25) is 17.7 Å². The van der Waals surface area contributed by atoms with E-state index in [0.29, 0.717) is 45.8 Å². The zero-order valence-corrected chi connectivity index (χ0v) is 16.7. The van der Waals surface area contributed by atoms with Crippen molar-refractivity contribution < 1.29 is 14.3 Å². The molecule has 1 atom stereocenters. The van der Waals surface area contributed by atoms with Crippen LogP contribution in [0.5, 0.6) is 17.5 Å². The summed E-state index contributed by atoms with van der Waals surface area (Å²) in [6, 6.07) is 8.44. The van der Waals surface area contributed by atoms with Crippen molar-refractivity contribution in [3.63, 3.8) is 0 Å². The second kappa shape index (κ2) is 8.23. The number of halogens is 2. The van der Waals surface area contributed by atoms with Crippen LogP contribution < -0.4 is 9.47 Å². The molecule has 1 fully saturated rings. The third kappa shape index (κ3) is 4.26. The number of benzene rings is 1. The zero-order valence-electron chi connectivity index (χ0n) is 15.2. The number of aromatic nitrogens is 3. The smallest absolute Gasteiger partial charge is 0.249 e. The molecular formula is C20H16Cl2N4O3. The van der Waals surface area contributed by atoms with Crippen molar-refractivity contribution >= 4 is 40.1 Å². The van der Waals surface area contributed by atoms with Crippen LogP contribution in [0, 0.1) is 0 Å². The average molecular weight is 431 g/mol. The summed E-state index contributed by atoms with van der Waals surface area (Å²) >= 11 is 12.0. The first-order valence-corrected chi connectivity index (χ1v) is 9.62. The summed E-state index contributed by atoms with van der Waals surface area (Å²) in [5, 5.41) is 0.806. The molecule has 1 aliphatic heterocycles. The second-order valence-corrected chi connectivity index (χ2v) is 7.21. The van der Waals surface area contributed by atoms with Crippen LogP contribution in [0.3, 0.4) is 0 Å². The lowest BCUT2D eigenvalue weighted by Crippen LogP contribution is -2.29. The normalized spacial score (nSPS) is 16.1. The molecule has 1 aliphatic rings. The van der Waals surface area contributed by atoms with Crippen molar-refractivity contribution in [1.29, 1.82) is 0 Å². The molecule has 4 rings (SSSR count). The second-order valence-electron chi connectivity index (χ2n) is 6.39. The number of pyridine rings is 1. The van der Waals surface area contributed by atoms with E-state index in [9.17, 15) is 4.79 Å². The Morgan fingerprint density at radius 3 is 2.86 bits per heavy atom. The number of amides is 1. The van der Waals surface area contributed by atoms with Gasteiger partial charge in [0.1, 0.15) is 18.2 Å². The van der Waals surface area contributed by atoms with Gasteiger partial charge in [0.05, 0.1) is 22.1 Å². The van der Waals surface area contributed by atoms with E-state index >= 15 is 0 Å². The molecule has 1 amide bonds. The third-order valence-electron chi connectivity index (χ3n) is 4.45. The summed E-state index contributed by atoms with van der Waals surface area (Å²) < 4.78 is 11.8. The van der Waals surface area contributed by atoms with Crippen LogP contribution in [0.1, 0.15) is 6.42 Å². The van der Waals surface area contributed by atoms with E-state index in [2.05, 4.69) is 21.5 Å². The monoisotopic (exact) mass is 430 g/mol. The first-order valence-electron chi connectivity index (χ1n) is 8.86. The lowest BCUT2D eigenvalue weighted by Gasteiger charge is -2.15. The van der Waals surface area contributed by atoms with E-state index in [0.717, 1.165) is 6.42 Å². The van der Waals surface area contributed by atoms with Crippen LogP contribution in [-0.2, 0) is 4.79 Å². The zero-order chi connectivity index (χ0) is 20.4. The molecule has 3 heterocycles. The van der Waals surface area contributed by atoms with Gasteiger partial charge in [-0.05, 0) is 24.3 Å². The Labute approximate surface area is 176 Å². The molecule has 7 nitrogen and oxygen atoms in total. The SMILES string of the molecule is C=CC(=O)N1CC[C@H](Oc2ccc3ncnc(Oc4ccc(Cl)c(Cl)c4)c3n2)C1. The molecule has 0 spiro atoms.